The fourth-order valence-corrected chi connectivity index (χ4v) is 3.79. The zero-order chi connectivity index (χ0) is 19.2. The van der Waals surface area contributed by atoms with Crippen LogP contribution in [0.4, 0.5) is 5.69 Å². The van der Waals surface area contributed by atoms with Crippen LogP contribution in [0.5, 0.6) is 0 Å². The van der Waals surface area contributed by atoms with Gasteiger partial charge in [-0.2, -0.15) is 0 Å². The predicted molar refractivity (Wildman–Crippen MR) is 109 cm³/mol. The maximum Gasteiger partial charge on any atom is 0.251 e. The van der Waals surface area contributed by atoms with Crippen LogP contribution in [-0.2, 0) is 4.79 Å². The molecule has 4 nitrogen and oxygen atoms in total. The molecule has 0 radical (unpaired) electrons. The number of hydrogen-bond donors (Lipinski definition) is 2. The third-order valence-corrected chi connectivity index (χ3v) is 5.30. The van der Waals surface area contributed by atoms with Crippen LogP contribution < -0.4 is 10.6 Å². The van der Waals surface area contributed by atoms with Crippen molar-refractivity contribution in [2.24, 2.45) is 0 Å². The van der Waals surface area contributed by atoms with E-state index in [9.17, 15) is 9.59 Å². The molecule has 1 fully saturated rings. The largest absolute Gasteiger partial charge is 0.346 e. The molecule has 0 spiro atoms. The molecule has 2 amide bonds. The lowest BCUT2D eigenvalue weighted by atomic mass is 9.84. The summed E-state index contributed by atoms with van der Waals surface area (Å²) >= 11 is 0. The number of anilines is 1. The number of benzene rings is 2. The topological polar surface area (TPSA) is 58.2 Å². The molecule has 1 unspecified atom stereocenters. The molecular formula is C23H28N2O2. The van der Waals surface area contributed by atoms with Crippen LogP contribution >= 0.6 is 0 Å². The number of hydrogen-bond acceptors (Lipinski definition) is 2. The summed E-state index contributed by atoms with van der Waals surface area (Å²) in [5.74, 6) is 0.454. The molecule has 1 atom stereocenters. The van der Waals surface area contributed by atoms with Crippen molar-refractivity contribution in [3.05, 3.63) is 65.2 Å². The summed E-state index contributed by atoms with van der Waals surface area (Å²) in [6, 6.07) is 15.5. The van der Waals surface area contributed by atoms with E-state index >= 15 is 0 Å². The van der Waals surface area contributed by atoms with Crippen molar-refractivity contribution >= 4 is 17.5 Å². The molecule has 0 aliphatic heterocycles. The molecule has 2 N–H and O–H groups in total. The fraction of sp³-hybridized carbons (Fsp3) is 0.391. The number of rotatable bonds is 5. The van der Waals surface area contributed by atoms with E-state index in [1.54, 1.807) is 0 Å². The standard InChI is InChI=1S/C23H28N2O2/c1-16(21-9-6-10-22(15-21)25-17(2)26)24-23(27)20-13-11-19(12-14-20)18-7-4-3-5-8-18/h6,9-16,18H,3-5,7-8H2,1-2H3,(H,24,27)(H,25,26). The van der Waals surface area contributed by atoms with Crippen LogP contribution in [0.15, 0.2) is 48.5 Å². The predicted octanol–water partition coefficient (Wildman–Crippen LogP) is 5.18. The van der Waals surface area contributed by atoms with Gasteiger partial charge in [-0.1, -0.05) is 43.5 Å². The highest BCUT2D eigenvalue weighted by Crippen LogP contribution is 2.32. The Morgan fingerprint density at radius 2 is 1.70 bits per heavy atom. The van der Waals surface area contributed by atoms with Crippen molar-refractivity contribution in [2.75, 3.05) is 5.32 Å². The average Bonchev–Trinajstić information content (AvgIpc) is 2.68. The minimum atomic E-state index is -0.149. The quantitative estimate of drug-likeness (QED) is 0.767. The van der Waals surface area contributed by atoms with Crippen molar-refractivity contribution in [1.82, 2.24) is 5.32 Å². The van der Waals surface area contributed by atoms with E-state index in [1.165, 1.54) is 44.6 Å². The molecule has 0 saturated heterocycles. The van der Waals surface area contributed by atoms with Gasteiger partial charge in [0, 0.05) is 18.2 Å². The SMILES string of the molecule is CC(=O)Nc1cccc(C(C)NC(=O)c2ccc(C3CCCCC3)cc2)c1. The number of nitrogens with one attached hydrogen (secondary N) is 2. The van der Waals surface area contributed by atoms with Gasteiger partial charge in [0.25, 0.3) is 5.91 Å². The first-order valence-corrected chi connectivity index (χ1v) is 9.81. The molecule has 3 rings (SSSR count). The first kappa shape index (κ1) is 19.2. The molecule has 2 aromatic carbocycles. The van der Waals surface area contributed by atoms with E-state index in [-0.39, 0.29) is 17.9 Å². The zero-order valence-corrected chi connectivity index (χ0v) is 16.1. The minimum Gasteiger partial charge on any atom is -0.346 e. The summed E-state index contributed by atoms with van der Waals surface area (Å²) in [7, 11) is 0. The van der Waals surface area contributed by atoms with Gasteiger partial charge < -0.3 is 10.6 Å². The van der Waals surface area contributed by atoms with Crippen LogP contribution in [-0.4, -0.2) is 11.8 Å². The maximum atomic E-state index is 12.6. The highest BCUT2D eigenvalue weighted by atomic mass is 16.2. The summed E-state index contributed by atoms with van der Waals surface area (Å²) in [5, 5.41) is 5.81. The van der Waals surface area contributed by atoms with E-state index in [0.29, 0.717) is 11.5 Å². The van der Waals surface area contributed by atoms with E-state index < -0.39 is 0 Å². The second-order valence-electron chi connectivity index (χ2n) is 7.46. The highest BCUT2D eigenvalue weighted by molar-refractivity contribution is 5.94. The van der Waals surface area contributed by atoms with E-state index in [1.807, 2.05) is 43.3 Å². The Balaban J connectivity index is 1.63. The van der Waals surface area contributed by atoms with E-state index in [4.69, 9.17) is 0 Å². The molecule has 4 heteroatoms. The Morgan fingerprint density at radius 1 is 1.00 bits per heavy atom. The van der Waals surface area contributed by atoms with Crippen molar-refractivity contribution < 1.29 is 9.59 Å². The van der Waals surface area contributed by atoms with Crippen LogP contribution in [0.3, 0.4) is 0 Å². The maximum absolute atomic E-state index is 12.6. The van der Waals surface area contributed by atoms with Gasteiger partial charge in [0.15, 0.2) is 0 Å². The van der Waals surface area contributed by atoms with Gasteiger partial charge in [-0.15, -0.1) is 0 Å². The Hall–Kier alpha value is -2.62. The lowest BCUT2D eigenvalue weighted by Crippen LogP contribution is -2.26. The van der Waals surface area contributed by atoms with E-state index in [0.717, 1.165) is 11.3 Å². The van der Waals surface area contributed by atoms with Gasteiger partial charge in [-0.05, 0) is 61.1 Å². The van der Waals surface area contributed by atoms with Crippen molar-refractivity contribution in [3.63, 3.8) is 0 Å². The molecule has 27 heavy (non-hydrogen) atoms. The number of amides is 2. The second-order valence-corrected chi connectivity index (χ2v) is 7.46. The molecule has 142 valence electrons. The molecule has 1 saturated carbocycles. The third-order valence-electron chi connectivity index (χ3n) is 5.30. The molecule has 0 aromatic heterocycles. The Labute approximate surface area is 161 Å². The van der Waals surface area contributed by atoms with Gasteiger partial charge in [0.2, 0.25) is 5.91 Å². The summed E-state index contributed by atoms with van der Waals surface area (Å²) in [6.07, 6.45) is 6.47. The minimum absolute atomic E-state index is 0.0809. The molecular weight excluding hydrogens is 336 g/mol. The fourth-order valence-electron chi connectivity index (χ4n) is 3.79. The van der Waals surface area contributed by atoms with Crippen molar-refractivity contribution in [3.8, 4) is 0 Å². The summed E-state index contributed by atoms with van der Waals surface area (Å²) in [5.41, 5.74) is 3.72. The van der Waals surface area contributed by atoms with Gasteiger partial charge in [-0.25, -0.2) is 0 Å². The lowest BCUT2D eigenvalue weighted by Gasteiger charge is -2.22. The Bertz CT molecular complexity index is 792. The van der Waals surface area contributed by atoms with Crippen molar-refractivity contribution in [1.29, 1.82) is 0 Å². The molecule has 1 aliphatic rings. The van der Waals surface area contributed by atoms with Crippen molar-refractivity contribution in [2.45, 2.75) is 57.9 Å². The van der Waals surface area contributed by atoms with Gasteiger partial charge >= 0.3 is 0 Å². The lowest BCUT2D eigenvalue weighted by molar-refractivity contribution is -0.114. The van der Waals surface area contributed by atoms with Gasteiger partial charge in [0.05, 0.1) is 6.04 Å². The van der Waals surface area contributed by atoms with Crippen LogP contribution in [0.25, 0.3) is 0 Å². The monoisotopic (exact) mass is 364 g/mol. The summed E-state index contributed by atoms with van der Waals surface area (Å²) in [4.78, 5) is 23.8. The summed E-state index contributed by atoms with van der Waals surface area (Å²) < 4.78 is 0. The molecule has 0 heterocycles. The van der Waals surface area contributed by atoms with E-state index in [2.05, 4.69) is 22.8 Å². The normalized spacial score (nSPS) is 15.8. The van der Waals surface area contributed by atoms with Gasteiger partial charge in [0.1, 0.15) is 0 Å². The number of carbonyl (C=O) groups excluding carboxylic acids is 2. The Morgan fingerprint density at radius 3 is 2.37 bits per heavy atom. The highest BCUT2D eigenvalue weighted by Gasteiger charge is 2.17. The second kappa shape index (κ2) is 8.85. The third kappa shape index (κ3) is 5.19. The van der Waals surface area contributed by atoms with Crippen LogP contribution in [0.2, 0.25) is 0 Å². The molecule has 2 aromatic rings. The zero-order valence-electron chi connectivity index (χ0n) is 16.1. The molecule has 0 bridgehead atoms. The van der Waals surface area contributed by atoms with Gasteiger partial charge in [-0.3, -0.25) is 9.59 Å². The Kier molecular flexibility index (Phi) is 6.28. The first-order chi connectivity index (χ1) is 13.0. The average molecular weight is 364 g/mol. The molecule has 1 aliphatic carbocycles. The summed E-state index contributed by atoms with van der Waals surface area (Å²) in [6.45, 7) is 3.43. The number of carbonyl (C=O) groups is 2. The van der Waals surface area contributed by atoms with Crippen LogP contribution in [0.1, 0.15) is 79.4 Å². The first-order valence-electron chi connectivity index (χ1n) is 9.81. The van der Waals surface area contributed by atoms with Crippen LogP contribution in [0, 0.1) is 0 Å². The smallest absolute Gasteiger partial charge is 0.251 e.